The van der Waals surface area contributed by atoms with E-state index in [1.54, 1.807) is 0 Å². The molecule has 21 heavy (non-hydrogen) atoms. The van der Waals surface area contributed by atoms with Crippen LogP contribution in [0.15, 0.2) is 42.5 Å². The predicted octanol–water partition coefficient (Wildman–Crippen LogP) is 2.96. The molecule has 2 aromatic rings. The van der Waals surface area contributed by atoms with Gasteiger partial charge in [0.2, 0.25) is 5.75 Å². The smallest absolute Gasteiger partial charge is 0.335 e. The Labute approximate surface area is 118 Å². The molecule has 2 aromatic carbocycles. The molecule has 0 spiro atoms. The number of carboxylic acids is 1. The van der Waals surface area contributed by atoms with Crippen LogP contribution in [-0.4, -0.2) is 16.0 Å². The van der Waals surface area contributed by atoms with Gasteiger partial charge in [-0.05, 0) is 30.3 Å². The number of nitro benzene ring substituents is 1. The maximum absolute atomic E-state index is 10.9. The summed E-state index contributed by atoms with van der Waals surface area (Å²) in [6, 6.07) is 11.0. The highest BCUT2D eigenvalue weighted by Crippen LogP contribution is 2.32. The van der Waals surface area contributed by atoms with Gasteiger partial charge in [-0.25, -0.2) is 4.79 Å². The van der Waals surface area contributed by atoms with Crippen LogP contribution < -0.4 is 4.74 Å². The third-order valence-corrected chi connectivity index (χ3v) is 2.61. The van der Waals surface area contributed by atoms with E-state index >= 15 is 0 Å². The topological polar surface area (TPSA) is 113 Å². The molecule has 0 unspecified atom stereocenters. The third kappa shape index (κ3) is 3.13. The first-order chi connectivity index (χ1) is 10.0. The van der Waals surface area contributed by atoms with Crippen molar-refractivity contribution in [2.75, 3.05) is 0 Å². The average molecular weight is 284 g/mol. The molecule has 0 radical (unpaired) electrons. The number of rotatable bonds is 4. The molecule has 7 heteroatoms. The van der Waals surface area contributed by atoms with Crippen LogP contribution in [0.1, 0.15) is 15.9 Å². The zero-order valence-corrected chi connectivity index (χ0v) is 10.5. The fourth-order valence-electron chi connectivity index (χ4n) is 1.61. The molecule has 0 saturated carbocycles. The number of nitriles is 1. The number of carboxylic acid groups (broad SMARTS) is 1. The fraction of sp³-hybridized carbons (Fsp3) is 0. The number of aromatic carboxylic acids is 1. The van der Waals surface area contributed by atoms with Crippen molar-refractivity contribution in [3.8, 4) is 17.6 Å². The first-order valence-corrected chi connectivity index (χ1v) is 5.71. The average Bonchev–Trinajstić information content (AvgIpc) is 2.47. The van der Waals surface area contributed by atoms with E-state index in [1.165, 1.54) is 42.5 Å². The number of nitro groups is 1. The Kier molecular flexibility index (Phi) is 3.81. The summed E-state index contributed by atoms with van der Waals surface area (Å²) in [5.74, 6) is -0.931. The SMILES string of the molecule is N#Cc1ccc([N+](=O)[O-])c(Oc2ccc(C(=O)O)cc2)c1. The molecule has 0 atom stereocenters. The molecule has 1 N–H and O–H groups in total. The van der Waals surface area contributed by atoms with Gasteiger partial charge in [-0.15, -0.1) is 0 Å². The van der Waals surface area contributed by atoms with Crippen molar-refractivity contribution < 1.29 is 19.6 Å². The molecule has 0 aliphatic heterocycles. The van der Waals surface area contributed by atoms with E-state index in [2.05, 4.69) is 0 Å². The van der Waals surface area contributed by atoms with Crippen molar-refractivity contribution >= 4 is 11.7 Å². The van der Waals surface area contributed by atoms with Gasteiger partial charge in [0, 0.05) is 12.1 Å². The fourth-order valence-corrected chi connectivity index (χ4v) is 1.61. The second-order valence-electron chi connectivity index (χ2n) is 3.98. The van der Waals surface area contributed by atoms with E-state index in [0.717, 1.165) is 0 Å². The monoisotopic (exact) mass is 284 g/mol. The maximum atomic E-state index is 10.9. The Balaban J connectivity index is 2.36. The summed E-state index contributed by atoms with van der Waals surface area (Å²) in [7, 11) is 0. The minimum absolute atomic E-state index is 0.0719. The Morgan fingerprint density at radius 1 is 1.24 bits per heavy atom. The zero-order chi connectivity index (χ0) is 15.4. The zero-order valence-electron chi connectivity index (χ0n) is 10.5. The molecular formula is C14H8N2O5. The van der Waals surface area contributed by atoms with Gasteiger partial charge in [-0.2, -0.15) is 5.26 Å². The van der Waals surface area contributed by atoms with Gasteiger partial charge >= 0.3 is 11.7 Å². The van der Waals surface area contributed by atoms with Gasteiger partial charge in [-0.1, -0.05) is 0 Å². The quantitative estimate of drug-likeness (QED) is 0.682. The minimum atomic E-state index is -1.08. The Morgan fingerprint density at radius 2 is 1.90 bits per heavy atom. The van der Waals surface area contributed by atoms with Crippen LogP contribution in [0.2, 0.25) is 0 Å². The number of nitrogens with zero attached hydrogens (tertiary/aromatic N) is 2. The van der Waals surface area contributed by atoms with E-state index in [-0.39, 0.29) is 28.3 Å². The van der Waals surface area contributed by atoms with Gasteiger partial charge in [0.25, 0.3) is 0 Å². The van der Waals surface area contributed by atoms with Crippen LogP contribution in [0.5, 0.6) is 11.5 Å². The molecule has 0 aliphatic rings. The molecule has 0 bridgehead atoms. The maximum Gasteiger partial charge on any atom is 0.335 e. The van der Waals surface area contributed by atoms with Crippen molar-refractivity contribution in [2.45, 2.75) is 0 Å². The lowest BCUT2D eigenvalue weighted by molar-refractivity contribution is -0.385. The van der Waals surface area contributed by atoms with Crippen LogP contribution in [0, 0.1) is 21.4 Å². The van der Waals surface area contributed by atoms with Gasteiger partial charge < -0.3 is 9.84 Å². The Morgan fingerprint density at radius 3 is 2.43 bits per heavy atom. The van der Waals surface area contributed by atoms with E-state index in [1.807, 2.05) is 6.07 Å². The van der Waals surface area contributed by atoms with Gasteiger partial charge in [0.15, 0.2) is 0 Å². The molecule has 0 saturated heterocycles. The summed E-state index contributed by atoms with van der Waals surface area (Å²) in [5, 5.41) is 28.5. The number of hydrogen-bond acceptors (Lipinski definition) is 5. The van der Waals surface area contributed by atoms with Crippen LogP contribution in [0.3, 0.4) is 0 Å². The summed E-state index contributed by atoms with van der Waals surface area (Å²) in [4.78, 5) is 21.0. The second-order valence-corrected chi connectivity index (χ2v) is 3.98. The lowest BCUT2D eigenvalue weighted by Gasteiger charge is -2.06. The highest BCUT2D eigenvalue weighted by atomic mass is 16.6. The van der Waals surface area contributed by atoms with Gasteiger partial charge in [0.05, 0.1) is 22.1 Å². The molecule has 0 amide bonds. The van der Waals surface area contributed by atoms with Crippen LogP contribution in [-0.2, 0) is 0 Å². The van der Waals surface area contributed by atoms with Crippen molar-refractivity contribution in [1.82, 2.24) is 0 Å². The molecule has 0 aliphatic carbocycles. The highest BCUT2D eigenvalue weighted by Gasteiger charge is 2.16. The first-order valence-electron chi connectivity index (χ1n) is 5.71. The third-order valence-electron chi connectivity index (χ3n) is 2.61. The van der Waals surface area contributed by atoms with Crippen LogP contribution in [0.4, 0.5) is 5.69 Å². The van der Waals surface area contributed by atoms with E-state index in [0.29, 0.717) is 0 Å². The van der Waals surface area contributed by atoms with Crippen molar-refractivity contribution in [2.24, 2.45) is 0 Å². The van der Waals surface area contributed by atoms with E-state index in [4.69, 9.17) is 15.1 Å². The van der Waals surface area contributed by atoms with Crippen molar-refractivity contribution in [3.05, 3.63) is 63.7 Å². The van der Waals surface area contributed by atoms with E-state index < -0.39 is 10.9 Å². The molecule has 2 rings (SSSR count). The first kappa shape index (κ1) is 14.0. The standard InChI is InChI=1S/C14H8N2O5/c15-8-9-1-6-12(16(19)20)13(7-9)21-11-4-2-10(3-5-11)14(17)18/h1-7H,(H,17,18). The lowest BCUT2D eigenvalue weighted by atomic mass is 10.2. The molecule has 0 aromatic heterocycles. The molecule has 104 valence electrons. The lowest BCUT2D eigenvalue weighted by Crippen LogP contribution is -1.96. The number of benzene rings is 2. The molecule has 0 fully saturated rings. The second kappa shape index (κ2) is 5.71. The number of hydrogen-bond donors (Lipinski definition) is 1. The largest absolute Gasteiger partial charge is 0.478 e. The van der Waals surface area contributed by atoms with Crippen molar-refractivity contribution in [1.29, 1.82) is 5.26 Å². The summed E-state index contributed by atoms with van der Waals surface area (Å²) < 4.78 is 5.36. The Bertz CT molecular complexity index is 747. The van der Waals surface area contributed by atoms with Crippen LogP contribution >= 0.6 is 0 Å². The minimum Gasteiger partial charge on any atom is -0.478 e. The molecule has 7 nitrogen and oxygen atoms in total. The van der Waals surface area contributed by atoms with E-state index in [9.17, 15) is 14.9 Å². The number of carbonyl (C=O) groups is 1. The normalized spacial score (nSPS) is 9.67. The summed E-state index contributed by atoms with van der Waals surface area (Å²) in [6.45, 7) is 0. The van der Waals surface area contributed by atoms with Crippen molar-refractivity contribution in [3.63, 3.8) is 0 Å². The summed E-state index contributed by atoms with van der Waals surface area (Å²) >= 11 is 0. The Hall–Kier alpha value is -3.40. The van der Waals surface area contributed by atoms with Crippen LogP contribution in [0.25, 0.3) is 0 Å². The van der Waals surface area contributed by atoms with Gasteiger partial charge in [-0.3, -0.25) is 10.1 Å². The number of ether oxygens (including phenoxy) is 1. The van der Waals surface area contributed by atoms with Gasteiger partial charge in [0.1, 0.15) is 5.75 Å². The predicted molar refractivity (Wildman–Crippen MR) is 71.3 cm³/mol. The highest BCUT2D eigenvalue weighted by molar-refractivity contribution is 5.87. The molecule has 0 heterocycles. The summed E-state index contributed by atoms with van der Waals surface area (Å²) in [5.41, 5.74) is 0.0108. The molecular weight excluding hydrogens is 276 g/mol. The summed E-state index contributed by atoms with van der Waals surface area (Å²) in [6.07, 6.45) is 0.